The lowest BCUT2D eigenvalue weighted by atomic mass is 9.93. The van der Waals surface area contributed by atoms with Gasteiger partial charge in [0.05, 0.1) is 13.2 Å². The Morgan fingerprint density at radius 3 is 2.90 bits per heavy atom. The van der Waals surface area contributed by atoms with Crippen LogP contribution in [0.5, 0.6) is 5.75 Å². The number of anilines is 1. The van der Waals surface area contributed by atoms with Crippen molar-refractivity contribution < 1.29 is 9.53 Å². The number of ether oxygens (including phenoxy) is 1. The minimum absolute atomic E-state index is 0.0378. The summed E-state index contributed by atoms with van der Waals surface area (Å²) in [7, 11) is 1.67. The number of carbonyl (C=O) groups excluding carboxylic acids is 1. The van der Waals surface area contributed by atoms with Gasteiger partial charge in [0.2, 0.25) is 5.91 Å². The van der Waals surface area contributed by atoms with Crippen LogP contribution in [0, 0.1) is 25.7 Å². The molecule has 1 aliphatic heterocycles. The van der Waals surface area contributed by atoms with Gasteiger partial charge in [0.1, 0.15) is 5.75 Å². The Kier molecular flexibility index (Phi) is 3.89. The second kappa shape index (κ2) is 5.68. The molecule has 0 aromatic heterocycles. The van der Waals surface area contributed by atoms with Crippen LogP contribution in [0.25, 0.3) is 0 Å². The molecule has 1 heterocycles. The van der Waals surface area contributed by atoms with Gasteiger partial charge >= 0.3 is 0 Å². The highest BCUT2D eigenvalue weighted by Crippen LogP contribution is 2.38. The average Bonchev–Trinajstić information content (AvgIpc) is 3.05. The molecule has 1 aliphatic carbocycles. The van der Waals surface area contributed by atoms with E-state index in [0.29, 0.717) is 11.8 Å². The van der Waals surface area contributed by atoms with Gasteiger partial charge in [0, 0.05) is 11.3 Å². The zero-order valence-electron chi connectivity index (χ0n) is 13.0. The molecule has 2 aliphatic rings. The number of methoxy groups -OCH3 is 1. The molecule has 114 valence electrons. The normalized spacial score (nSPS) is 27.5. The van der Waals surface area contributed by atoms with E-state index < -0.39 is 0 Å². The number of rotatable bonds is 3. The van der Waals surface area contributed by atoms with Gasteiger partial charge in [-0.15, -0.1) is 0 Å². The van der Waals surface area contributed by atoms with E-state index in [0.717, 1.165) is 29.1 Å². The molecule has 0 spiro atoms. The van der Waals surface area contributed by atoms with Crippen molar-refractivity contribution in [3.8, 4) is 5.75 Å². The maximum absolute atomic E-state index is 12.6. The Hall–Kier alpha value is -1.55. The Morgan fingerprint density at radius 1 is 1.33 bits per heavy atom. The lowest BCUT2D eigenvalue weighted by Crippen LogP contribution is -2.39. The first-order valence-electron chi connectivity index (χ1n) is 7.80. The lowest BCUT2D eigenvalue weighted by Gasteiger charge is -2.19. The fourth-order valence-corrected chi connectivity index (χ4v) is 3.96. The minimum atomic E-state index is -0.0378. The summed E-state index contributed by atoms with van der Waals surface area (Å²) in [5, 5.41) is 6.48. The minimum Gasteiger partial charge on any atom is -0.496 e. The first-order valence-corrected chi connectivity index (χ1v) is 7.80. The molecule has 1 saturated heterocycles. The fraction of sp³-hybridized carbons (Fsp3) is 0.588. The Morgan fingerprint density at radius 2 is 2.14 bits per heavy atom. The first-order chi connectivity index (χ1) is 10.1. The molecule has 2 fully saturated rings. The molecule has 21 heavy (non-hydrogen) atoms. The van der Waals surface area contributed by atoms with Crippen molar-refractivity contribution in [3.63, 3.8) is 0 Å². The van der Waals surface area contributed by atoms with Gasteiger partial charge in [0.15, 0.2) is 0 Å². The molecular weight excluding hydrogens is 264 g/mol. The van der Waals surface area contributed by atoms with Crippen LogP contribution in [0.3, 0.4) is 0 Å². The third-order valence-corrected chi connectivity index (χ3v) is 5.09. The summed E-state index contributed by atoms with van der Waals surface area (Å²) in [6.07, 6.45) is 3.70. The number of hydrogen-bond donors (Lipinski definition) is 2. The smallest absolute Gasteiger partial charge is 0.241 e. The molecule has 1 aromatic carbocycles. The Bertz CT molecular complexity index is 556. The van der Waals surface area contributed by atoms with Crippen LogP contribution in [0.15, 0.2) is 12.1 Å². The number of aryl methyl sites for hydroxylation is 1. The van der Waals surface area contributed by atoms with Crippen molar-refractivity contribution in [1.82, 2.24) is 5.32 Å². The molecule has 1 aromatic rings. The van der Waals surface area contributed by atoms with Crippen molar-refractivity contribution in [1.29, 1.82) is 0 Å². The summed E-state index contributed by atoms with van der Waals surface area (Å²) in [6, 6.07) is 3.91. The largest absolute Gasteiger partial charge is 0.496 e. The monoisotopic (exact) mass is 288 g/mol. The second-order valence-corrected chi connectivity index (χ2v) is 6.32. The van der Waals surface area contributed by atoms with Crippen molar-refractivity contribution in [2.45, 2.75) is 39.2 Å². The lowest BCUT2D eigenvalue weighted by molar-refractivity contribution is -0.118. The van der Waals surface area contributed by atoms with E-state index in [-0.39, 0.29) is 11.9 Å². The number of nitrogens with one attached hydrogen (secondary N) is 2. The molecule has 2 N–H and O–H groups in total. The summed E-state index contributed by atoms with van der Waals surface area (Å²) < 4.78 is 5.43. The van der Waals surface area contributed by atoms with Crippen LogP contribution in [0.4, 0.5) is 5.69 Å². The van der Waals surface area contributed by atoms with E-state index in [1.165, 1.54) is 19.3 Å². The zero-order chi connectivity index (χ0) is 15.0. The van der Waals surface area contributed by atoms with Crippen LogP contribution < -0.4 is 15.4 Å². The maximum Gasteiger partial charge on any atom is 0.241 e. The average molecular weight is 288 g/mol. The summed E-state index contributed by atoms with van der Waals surface area (Å²) in [5.41, 5.74) is 2.93. The fourth-order valence-electron chi connectivity index (χ4n) is 3.96. The standard InChI is InChI=1S/C17H24N2O2/c1-10-7-8-14(11(2)16(10)21-3)19-17(20)15-13-6-4-5-12(13)9-18-15/h7-8,12-13,15,18H,4-6,9H2,1-3H3,(H,19,20). The second-order valence-electron chi connectivity index (χ2n) is 6.32. The first kappa shape index (κ1) is 14.4. The molecule has 4 nitrogen and oxygen atoms in total. The van der Waals surface area contributed by atoms with Gasteiger partial charge < -0.3 is 15.4 Å². The Balaban J connectivity index is 1.76. The van der Waals surface area contributed by atoms with Crippen LogP contribution >= 0.6 is 0 Å². The number of hydrogen-bond acceptors (Lipinski definition) is 3. The van der Waals surface area contributed by atoms with E-state index in [9.17, 15) is 4.79 Å². The van der Waals surface area contributed by atoms with Gasteiger partial charge in [-0.25, -0.2) is 0 Å². The van der Waals surface area contributed by atoms with Crippen LogP contribution in [-0.2, 0) is 4.79 Å². The molecule has 3 atom stereocenters. The summed E-state index contributed by atoms with van der Waals surface area (Å²) >= 11 is 0. The quantitative estimate of drug-likeness (QED) is 0.899. The molecule has 4 heteroatoms. The number of amides is 1. The SMILES string of the molecule is COc1c(C)ccc(NC(=O)C2NCC3CCCC32)c1C. The van der Waals surface area contributed by atoms with E-state index in [1.807, 2.05) is 26.0 Å². The van der Waals surface area contributed by atoms with Gasteiger partial charge in [-0.1, -0.05) is 12.5 Å². The summed E-state index contributed by atoms with van der Waals surface area (Å²) in [4.78, 5) is 12.6. The van der Waals surface area contributed by atoms with Crippen molar-refractivity contribution in [3.05, 3.63) is 23.3 Å². The molecule has 0 bridgehead atoms. The molecule has 3 unspecified atom stereocenters. The summed E-state index contributed by atoms with van der Waals surface area (Å²) in [6.45, 7) is 4.99. The number of benzene rings is 1. The third kappa shape index (κ3) is 2.53. The third-order valence-electron chi connectivity index (χ3n) is 5.09. The highest BCUT2D eigenvalue weighted by atomic mass is 16.5. The van der Waals surface area contributed by atoms with Gasteiger partial charge in [-0.05, 0) is 56.7 Å². The van der Waals surface area contributed by atoms with E-state index in [2.05, 4.69) is 10.6 Å². The van der Waals surface area contributed by atoms with Crippen LogP contribution in [0.2, 0.25) is 0 Å². The number of fused-ring (bicyclic) bond motifs is 1. The Labute approximate surface area is 126 Å². The predicted octanol–water partition coefficient (Wildman–Crippen LogP) is 2.64. The van der Waals surface area contributed by atoms with Gasteiger partial charge in [0.25, 0.3) is 0 Å². The highest BCUT2D eigenvalue weighted by molar-refractivity contribution is 5.96. The van der Waals surface area contributed by atoms with Crippen molar-refractivity contribution in [2.75, 3.05) is 19.0 Å². The van der Waals surface area contributed by atoms with Crippen LogP contribution in [0.1, 0.15) is 30.4 Å². The topological polar surface area (TPSA) is 50.4 Å². The van der Waals surface area contributed by atoms with Gasteiger partial charge in [-0.3, -0.25) is 4.79 Å². The molecule has 0 radical (unpaired) electrons. The predicted molar refractivity (Wildman–Crippen MR) is 83.7 cm³/mol. The molecule has 3 rings (SSSR count). The summed E-state index contributed by atoms with van der Waals surface area (Å²) in [5.74, 6) is 2.15. The van der Waals surface area contributed by atoms with E-state index in [1.54, 1.807) is 7.11 Å². The van der Waals surface area contributed by atoms with E-state index >= 15 is 0 Å². The van der Waals surface area contributed by atoms with Gasteiger partial charge in [-0.2, -0.15) is 0 Å². The van der Waals surface area contributed by atoms with E-state index in [4.69, 9.17) is 4.74 Å². The van der Waals surface area contributed by atoms with Crippen molar-refractivity contribution in [2.24, 2.45) is 11.8 Å². The maximum atomic E-state index is 12.6. The molecule has 1 saturated carbocycles. The van der Waals surface area contributed by atoms with Crippen LogP contribution in [-0.4, -0.2) is 25.6 Å². The highest BCUT2D eigenvalue weighted by Gasteiger charge is 2.42. The van der Waals surface area contributed by atoms with Crippen molar-refractivity contribution >= 4 is 11.6 Å². The molecular formula is C17H24N2O2. The molecule has 1 amide bonds. The zero-order valence-corrected chi connectivity index (χ0v) is 13.0. The number of carbonyl (C=O) groups is 1.